The van der Waals surface area contributed by atoms with Crippen LogP contribution in [0.4, 0.5) is 0 Å². The predicted octanol–water partition coefficient (Wildman–Crippen LogP) is 0.697. The molecule has 1 N–H and O–H groups in total. The first kappa shape index (κ1) is 7.25. The number of alkyl halides is 1. The summed E-state index contributed by atoms with van der Waals surface area (Å²) in [6, 6.07) is 0. The van der Waals surface area contributed by atoms with Crippen molar-refractivity contribution >= 4 is 15.9 Å². The molecule has 1 aliphatic heterocycles. The third-order valence-electron chi connectivity index (χ3n) is 1.24. The standard InChI is InChI=1S/C6H9BrO2/c7-5(4-8)6-2-1-3-9-6/h1-2,5-6,8H,3-4H2/t5-,6+/m1/s1. The first-order valence-corrected chi connectivity index (χ1v) is 3.79. The lowest BCUT2D eigenvalue weighted by Gasteiger charge is -2.11. The summed E-state index contributed by atoms with van der Waals surface area (Å²) < 4.78 is 5.19. The molecule has 3 heteroatoms. The van der Waals surface area contributed by atoms with E-state index in [-0.39, 0.29) is 17.5 Å². The fourth-order valence-electron chi connectivity index (χ4n) is 0.741. The van der Waals surface area contributed by atoms with Gasteiger partial charge in [-0.3, -0.25) is 0 Å². The fraction of sp³-hybridized carbons (Fsp3) is 0.667. The van der Waals surface area contributed by atoms with Gasteiger partial charge in [0.1, 0.15) is 0 Å². The van der Waals surface area contributed by atoms with E-state index in [4.69, 9.17) is 9.84 Å². The molecule has 0 aromatic carbocycles. The number of rotatable bonds is 2. The van der Waals surface area contributed by atoms with Crippen molar-refractivity contribution in [3.8, 4) is 0 Å². The van der Waals surface area contributed by atoms with E-state index in [1.807, 2.05) is 12.2 Å². The van der Waals surface area contributed by atoms with Crippen molar-refractivity contribution in [1.29, 1.82) is 0 Å². The number of aliphatic hydroxyl groups is 1. The summed E-state index contributed by atoms with van der Waals surface area (Å²) in [6.45, 7) is 0.793. The zero-order valence-corrected chi connectivity index (χ0v) is 6.54. The van der Waals surface area contributed by atoms with Gasteiger partial charge in [-0.2, -0.15) is 0 Å². The Morgan fingerprint density at radius 1 is 1.89 bits per heavy atom. The number of ether oxygens (including phenoxy) is 1. The van der Waals surface area contributed by atoms with Gasteiger partial charge in [0.15, 0.2) is 0 Å². The van der Waals surface area contributed by atoms with Crippen LogP contribution >= 0.6 is 15.9 Å². The van der Waals surface area contributed by atoms with E-state index in [1.54, 1.807) is 0 Å². The molecule has 0 fully saturated rings. The summed E-state index contributed by atoms with van der Waals surface area (Å²) in [5.74, 6) is 0. The van der Waals surface area contributed by atoms with Gasteiger partial charge in [0.2, 0.25) is 0 Å². The number of hydrogen-bond acceptors (Lipinski definition) is 2. The molecule has 52 valence electrons. The molecule has 0 aromatic heterocycles. The zero-order chi connectivity index (χ0) is 6.69. The lowest BCUT2D eigenvalue weighted by molar-refractivity contribution is 0.110. The Labute approximate surface area is 62.6 Å². The highest BCUT2D eigenvalue weighted by Crippen LogP contribution is 2.14. The number of halogens is 1. The summed E-state index contributed by atoms with van der Waals surface area (Å²) >= 11 is 3.28. The van der Waals surface area contributed by atoms with Gasteiger partial charge in [0.05, 0.1) is 24.1 Å². The highest BCUT2D eigenvalue weighted by Gasteiger charge is 2.17. The Morgan fingerprint density at radius 2 is 2.67 bits per heavy atom. The topological polar surface area (TPSA) is 29.5 Å². The normalized spacial score (nSPS) is 28.9. The van der Waals surface area contributed by atoms with Crippen LogP contribution < -0.4 is 0 Å². The smallest absolute Gasteiger partial charge is 0.0908 e. The minimum atomic E-state index is 0.0521. The Balaban J connectivity index is 2.33. The molecule has 0 bridgehead atoms. The largest absolute Gasteiger partial charge is 0.395 e. The quantitative estimate of drug-likeness (QED) is 0.516. The van der Waals surface area contributed by atoms with Crippen LogP contribution in [0.2, 0.25) is 0 Å². The van der Waals surface area contributed by atoms with Gasteiger partial charge in [-0.1, -0.05) is 28.1 Å². The molecule has 2 nitrogen and oxygen atoms in total. The summed E-state index contributed by atoms with van der Waals surface area (Å²) in [4.78, 5) is 0.0521. The van der Waals surface area contributed by atoms with Gasteiger partial charge in [-0.05, 0) is 0 Å². The molecule has 0 saturated carbocycles. The van der Waals surface area contributed by atoms with Gasteiger partial charge in [-0.25, -0.2) is 0 Å². The van der Waals surface area contributed by atoms with E-state index >= 15 is 0 Å². The molecule has 1 aliphatic rings. The second-order valence-corrected chi connectivity index (χ2v) is 3.10. The van der Waals surface area contributed by atoms with Crippen LogP contribution in [0.3, 0.4) is 0 Å². The van der Waals surface area contributed by atoms with Gasteiger partial charge in [-0.15, -0.1) is 0 Å². The first-order valence-electron chi connectivity index (χ1n) is 2.88. The molecule has 0 spiro atoms. The monoisotopic (exact) mass is 192 g/mol. The van der Waals surface area contributed by atoms with Crippen LogP contribution in [0.25, 0.3) is 0 Å². The van der Waals surface area contributed by atoms with E-state index in [0.717, 1.165) is 0 Å². The van der Waals surface area contributed by atoms with Crippen LogP contribution in [0.15, 0.2) is 12.2 Å². The van der Waals surface area contributed by atoms with E-state index in [1.165, 1.54) is 0 Å². The van der Waals surface area contributed by atoms with Crippen molar-refractivity contribution in [1.82, 2.24) is 0 Å². The summed E-state index contributed by atoms with van der Waals surface area (Å²) in [5.41, 5.74) is 0. The minimum Gasteiger partial charge on any atom is -0.395 e. The molecule has 1 rings (SSSR count). The van der Waals surface area contributed by atoms with Crippen molar-refractivity contribution in [3.63, 3.8) is 0 Å². The highest BCUT2D eigenvalue weighted by atomic mass is 79.9. The van der Waals surface area contributed by atoms with Crippen LogP contribution in [0.5, 0.6) is 0 Å². The second kappa shape index (κ2) is 3.34. The van der Waals surface area contributed by atoms with E-state index in [2.05, 4.69) is 15.9 Å². The highest BCUT2D eigenvalue weighted by molar-refractivity contribution is 9.09. The maximum absolute atomic E-state index is 8.63. The molecule has 0 radical (unpaired) electrons. The maximum Gasteiger partial charge on any atom is 0.0908 e. The molecule has 1 heterocycles. The maximum atomic E-state index is 8.63. The summed E-state index contributed by atoms with van der Waals surface area (Å²) in [7, 11) is 0. The van der Waals surface area contributed by atoms with Gasteiger partial charge in [0, 0.05) is 0 Å². The third-order valence-corrected chi connectivity index (χ3v) is 2.05. The van der Waals surface area contributed by atoms with Crippen molar-refractivity contribution in [2.75, 3.05) is 13.2 Å². The van der Waals surface area contributed by atoms with E-state index in [0.29, 0.717) is 6.61 Å². The van der Waals surface area contributed by atoms with E-state index < -0.39 is 0 Å². The zero-order valence-electron chi connectivity index (χ0n) is 4.96. The second-order valence-electron chi connectivity index (χ2n) is 1.92. The number of aliphatic hydroxyl groups excluding tert-OH is 1. The Kier molecular flexibility index (Phi) is 2.69. The lowest BCUT2D eigenvalue weighted by Crippen LogP contribution is -2.22. The van der Waals surface area contributed by atoms with Crippen molar-refractivity contribution in [2.24, 2.45) is 0 Å². The first-order chi connectivity index (χ1) is 4.34. The van der Waals surface area contributed by atoms with Crippen LogP contribution in [-0.4, -0.2) is 29.3 Å². The Hall–Kier alpha value is 0.140. The van der Waals surface area contributed by atoms with Crippen LogP contribution in [0.1, 0.15) is 0 Å². The average Bonchev–Trinajstić information content (AvgIpc) is 2.37. The molecule has 2 atom stereocenters. The van der Waals surface area contributed by atoms with Crippen molar-refractivity contribution in [2.45, 2.75) is 10.9 Å². The molecular formula is C6H9BrO2. The molecule has 0 aliphatic carbocycles. The summed E-state index contributed by atoms with van der Waals surface area (Å²) in [5, 5.41) is 8.63. The molecule has 0 saturated heterocycles. The van der Waals surface area contributed by atoms with Gasteiger partial charge >= 0.3 is 0 Å². The van der Waals surface area contributed by atoms with Gasteiger partial charge in [0.25, 0.3) is 0 Å². The average molecular weight is 193 g/mol. The molecular weight excluding hydrogens is 184 g/mol. The van der Waals surface area contributed by atoms with Crippen LogP contribution in [-0.2, 0) is 4.74 Å². The molecule has 9 heavy (non-hydrogen) atoms. The minimum absolute atomic E-state index is 0.0521. The molecule has 0 unspecified atom stereocenters. The molecule has 0 amide bonds. The Bertz CT molecular complexity index is 114. The fourth-order valence-corrected chi connectivity index (χ4v) is 1.07. The van der Waals surface area contributed by atoms with Crippen LogP contribution in [0, 0.1) is 0 Å². The summed E-state index contributed by atoms with van der Waals surface area (Å²) in [6.07, 6.45) is 3.97. The molecule has 0 aromatic rings. The third kappa shape index (κ3) is 1.78. The lowest BCUT2D eigenvalue weighted by atomic mass is 10.3. The SMILES string of the molecule is OC[C@@H](Br)[C@@H]1C=CCO1. The van der Waals surface area contributed by atoms with E-state index in [9.17, 15) is 0 Å². The predicted molar refractivity (Wildman–Crippen MR) is 38.7 cm³/mol. The van der Waals surface area contributed by atoms with Crippen molar-refractivity contribution in [3.05, 3.63) is 12.2 Å². The van der Waals surface area contributed by atoms with Crippen molar-refractivity contribution < 1.29 is 9.84 Å². The van der Waals surface area contributed by atoms with Gasteiger partial charge < -0.3 is 9.84 Å². The number of hydrogen-bond donors (Lipinski definition) is 1. The Morgan fingerprint density at radius 3 is 3.11 bits per heavy atom.